The summed E-state index contributed by atoms with van der Waals surface area (Å²) in [6.07, 6.45) is -2.90. The van der Waals surface area contributed by atoms with Crippen LogP contribution in [0.15, 0.2) is 24.3 Å². The summed E-state index contributed by atoms with van der Waals surface area (Å²) in [5.41, 5.74) is 0.806. The zero-order chi connectivity index (χ0) is 16.2. The molecule has 1 aromatic carbocycles. The van der Waals surface area contributed by atoms with Gasteiger partial charge in [-0.1, -0.05) is 12.1 Å². The first-order valence-corrected chi connectivity index (χ1v) is 7.16. The number of amides is 1. The monoisotopic (exact) mass is 316 g/mol. The van der Waals surface area contributed by atoms with Gasteiger partial charge in [0.2, 0.25) is 5.91 Å². The topological polar surface area (TPSA) is 41.6 Å². The predicted octanol–water partition coefficient (Wildman–Crippen LogP) is 2.34. The first-order valence-electron chi connectivity index (χ1n) is 7.16. The number of ether oxygens (including phenoxy) is 1. The average molecular weight is 316 g/mol. The molecular weight excluding hydrogens is 297 g/mol. The number of likely N-dealkylation sites (N-methyl/N-ethyl adjacent to an activating group) is 1. The van der Waals surface area contributed by atoms with Crippen molar-refractivity contribution < 1.29 is 22.7 Å². The second kappa shape index (κ2) is 7.00. The minimum Gasteiger partial charge on any atom is -0.406 e. The normalized spacial score (nSPS) is 18.3. The maximum absolute atomic E-state index is 12.1. The molecule has 0 spiro atoms. The molecule has 1 aliphatic heterocycles. The van der Waals surface area contributed by atoms with Crippen molar-refractivity contribution >= 4 is 5.91 Å². The molecule has 0 radical (unpaired) electrons. The fourth-order valence-electron chi connectivity index (χ4n) is 2.46. The molecule has 1 amide bonds. The highest BCUT2D eigenvalue weighted by molar-refractivity contribution is 5.76. The highest BCUT2D eigenvalue weighted by Gasteiger charge is 2.31. The van der Waals surface area contributed by atoms with Crippen molar-refractivity contribution in [1.82, 2.24) is 10.2 Å². The minimum atomic E-state index is -4.69. The van der Waals surface area contributed by atoms with Gasteiger partial charge in [0.25, 0.3) is 0 Å². The van der Waals surface area contributed by atoms with Gasteiger partial charge in [0.15, 0.2) is 0 Å². The lowest BCUT2D eigenvalue weighted by Gasteiger charge is -2.23. The fourth-order valence-corrected chi connectivity index (χ4v) is 2.46. The van der Waals surface area contributed by atoms with E-state index in [1.165, 1.54) is 12.1 Å². The van der Waals surface area contributed by atoms with Gasteiger partial charge in [-0.2, -0.15) is 0 Å². The van der Waals surface area contributed by atoms with Crippen LogP contribution in [0.2, 0.25) is 0 Å². The second-order valence-corrected chi connectivity index (χ2v) is 5.34. The lowest BCUT2D eigenvalue weighted by Crippen LogP contribution is -2.38. The Morgan fingerprint density at radius 3 is 2.59 bits per heavy atom. The van der Waals surface area contributed by atoms with Gasteiger partial charge in [-0.25, -0.2) is 0 Å². The van der Waals surface area contributed by atoms with Gasteiger partial charge >= 0.3 is 6.36 Å². The molecule has 1 aromatic rings. The van der Waals surface area contributed by atoms with Gasteiger partial charge in [0.05, 0.1) is 0 Å². The van der Waals surface area contributed by atoms with Gasteiger partial charge in [-0.3, -0.25) is 4.79 Å². The Kier molecular flexibility index (Phi) is 5.28. The molecular formula is C15H19F3N2O2. The quantitative estimate of drug-likeness (QED) is 0.906. The molecule has 1 heterocycles. The predicted molar refractivity (Wildman–Crippen MR) is 75.5 cm³/mol. The number of alkyl halides is 3. The van der Waals surface area contributed by atoms with E-state index in [1.54, 1.807) is 24.1 Å². The van der Waals surface area contributed by atoms with Crippen LogP contribution in [-0.4, -0.2) is 43.3 Å². The number of rotatable bonds is 5. The number of hydrogen-bond donors (Lipinski definition) is 1. The highest BCUT2D eigenvalue weighted by Crippen LogP contribution is 2.23. The van der Waals surface area contributed by atoms with E-state index < -0.39 is 6.36 Å². The lowest BCUT2D eigenvalue weighted by atomic mass is 10.1. The highest BCUT2D eigenvalue weighted by atomic mass is 19.4. The number of benzene rings is 1. The SMILES string of the molecule is CN(C(=O)CCc1ccc(OC(F)(F)F)cc1)C1CCNC1. The molecule has 0 saturated carbocycles. The summed E-state index contributed by atoms with van der Waals surface area (Å²) in [4.78, 5) is 13.8. The van der Waals surface area contributed by atoms with E-state index in [2.05, 4.69) is 10.1 Å². The summed E-state index contributed by atoms with van der Waals surface area (Å²) in [7, 11) is 1.79. The van der Waals surface area contributed by atoms with Crippen LogP contribution in [0.5, 0.6) is 5.75 Å². The van der Waals surface area contributed by atoms with Crippen LogP contribution >= 0.6 is 0 Å². The molecule has 1 saturated heterocycles. The van der Waals surface area contributed by atoms with E-state index in [0.717, 1.165) is 25.1 Å². The first-order chi connectivity index (χ1) is 10.3. The third-order valence-corrected chi connectivity index (χ3v) is 3.76. The third-order valence-electron chi connectivity index (χ3n) is 3.76. The van der Waals surface area contributed by atoms with Crippen LogP contribution in [0, 0.1) is 0 Å². The molecule has 0 aliphatic carbocycles. The average Bonchev–Trinajstić information content (AvgIpc) is 2.98. The molecule has 0 aromatic heterocycles. The Labute approximate surface area is 127 Å². The molecule has 0 bridgehead atoms. The maximum atomic E-state index is 12.1. The third kappa shape index (κ3) is 4.91. The van der Waals surface area contributed by atoms with Gasteiger partial charge in [0.1, 0.15) is 5.75 Å². The van der Waals surface area contributed by atoms with Crippen molar-refractivity contribution in [3.05, 3.63) is 29.8 Å². The van der Waals surface area contributed by atoms with Crippen LogP contribution in [0.3, 0.4) is 0 Å². The van der Waals surface area contributed by atoms with E-state index in [1.807, 2.05) is 0 Å². The largest absolute Gasteiger partial charge is 0.573 e. The Balaban J connectivity index is 1.82. The molecule has 122 valence electrons. The van der Waals surface area contributed by atoms with Crippen LogP contribution in [-0.2, 0) is 11.2 Å². The molecule has 4 nitrogen and oxygen atoms in total. The van der Waals surface area contributed by atoms with E-state index in [9.17, 15) is 18.0 Å². The molecule has 1 atom stereocenters. The van der Waals surface area contributed by atoms with Crippen molar-refractivity contribution in [1.29, 1.82) is 0 Å². The van der Waals surface area contributed by atoms with Crippen molar-refractivity contribution in [2.75, 3.05) is 20.1 Å². The summed E-state index contributed by atoms with van der Waals surface area (Å²) in [6.45, 7) is 1.73. The van der Waals surface area contributed by atoms with Crippen LogP contribution < -0.4 is 10.1 Å². The number of carbonyl (C=O) groups excluding carboxylic acids is 1. The standard InChI is InChI=1S/C15H19F3N2O2/c1-20(12-8-9-19-10-12)14(21)7-4-11-2-5-13(6-3-11)22-15(16,17)18/h2-3,5-6,12,19H,4,7-10H2,1H3. The van der Waals surface area contributed by atoms with E-state index in [0.29, 0.717) is 12.8 Å². The van der Waals surface area contributed by atoms with E-state index in [-0.39, 0.29) is 17.7 Å². The van der Waals surface area contributed by atoms with Gasteiger partial charge in [-0.05, 0) is 37.1 Å². The van der Waals surface area contributed by atoms with E-state index >= 15 is 0 Å². The first kappa shape index (κ1) is 16.6. The molecule has 1 N–H and O–H groups in total. The second-order valence-electron chi connectivity index (χ2n) is 5.34. The molecule has 1 fully saturated rings. The fraction of sp³-hybridized carbons (Fsp3) is 0.533. The summed E-state index contributed by atoms with van der Waals surface area (Å²) in [5.74, 6) is -0.207. The summed E-state index contributed by atoms with van der Waals surface area (Å²) >= 11 is 0. The number of aryl methyl sites for hydroxylation is 1. The van der Waals surface area contributed by atoms with Crippen LogP contribution in [0.4, 0.5) is 13.2 Å². The number of nitrogens with zero attached hydrogens (tertiary/aromatic N) is 1. The van der Waals surface area contributed by atoms with Crippen molar-refractivity contribution in [3.8, 4) is 5.75 Å². The van der Waals surface area contributed by atoms with Gasteiger partial charge in [0, 0.05) is 26.1 Å². The zero-order valence-electron chi connectivity index (χ0n) is 12.3. The number of nitrogens with one attached hydrogen (secondary N) is 1. The zero-order valence-corrected chi connectivity index (χ0v) is 12.3. The number of halogens is 3. The molecule has 1 aliphatic rings. The minimum absolute atomic E-state index is 0.0457. The van der Waals surface area contributed by atoms with Crippen molar-refractivity contribution in [2.45, 2.75) is 31.7 Å². The molecule has 1 unspecified atom stereocenters. The van der Waals surface area contributed by atoms with Crippen molar-refractivity contribution in [3.63, 3.8) is 0 Å². The smallest absolute Gasteiger partial charge is 0.406 e. The Morgan fingerprint density at radius 2 is 2.05 bits per heavy atom. The van der Waals surface area contributed by atoms with Crippen LogP contribution in [0.1, 0.15) is 18.4 Å². The molecule has 7 heteroatoms. The summed E-state index contributed by atoms with van der Waals surface area (Å²) in [6, 6.07) is 5.85. The summed E-state index contributed by atoms with van der Waals surface area (Å²) < 4.78 is 40.0. The molecule has 22 heavy (non-hydrogen) atoms. The summed E-state index contributed by atoms with van der Waals surface area (Å²) in [5, 5.41) is 3.21. The Morgan fingerprint density at radius 1 is 1.36 bits per heavy atom. The molecule has 2 rings (SSSR count). The van der Waals surface area contributed by atoms with Crippen molar-refractivity contribution in [2.24, 2.45) is 0 Å². The number of hydrogen-bond acceptors (Lipinski definition) is 3. The Hall–Kier alpha value is -1.76. The Bertz CT molecular complexity index is 497. The van der Waals surface area contributed by atoms with E-state index in [4.69, 9.17) is 0 Å². The maximum Gasteiger partial charge on any atom is 0.573 e. The van der Waals surface area contributed by atoms with Gasteiger partial charge < -0.3 is 15.0 Å². The number of carbonyl (C=O) groups is 1. The van der Waals surface area contributed by atoms with Gasteiger partial charge in [-0.15, -0.1) is 13.2 Å². The van der Waals surface area contributed by atoms with Crippen LogP contribution in [0.25, 0.3) is 0 Å². The lowest BCUT2D eigenvalue weighted by molar-refractivity contribution is -0.274.